The first kappa shape index (κ1) is 14.8. The molecule has 4 rings (SSSR count). The number of aromatic amines is 1. The van der Waals surface area contributed by atoms with Crippen molar-refractivity contribution in [3.8, 4) is 0 Å². The van der Waals surface area contributed by atoms with Crippen LogP contribution in [0.2, 0.25) is 0 Å². The van der Waals surface area contributed by atoms with Crippen LogP contribution in [-0.2, 0) is 0 Å². The number of primary amides is 1. The largest absolute Gasteiger partial charge is 0.364 e. The Morgan fingerprint density at radius 3 is 2.68 bits per heavy atom. The van der Waals surface area contributed by atoms with Crippen LogP contribution in [0.25, 0.3) is 21.7 Å². The SMILES string of the molecule is NC(=O)c1n[nH]c2ccc(NC(=O)c3nccc4ccccc34)cc12. The lowest BCUT2D eigenvalue weighted by Crippen LogP contribution is -2.14. The van der Waals surface area contributed by atoms with E-state index in [4.69, 9.17) is 5.73 Å². The van der Waals surface area contributed by atoms with Gasteiger partial charge in [0.2, 0.25) is 0 Å². The Bertz CT molecular complexity index is 1130. The maximum Gasteiger partial charge on any atom is 0.274 e. The van der Waals surface area contributed by atoms with Crippen molar-refractivity contribution in [1.29, 1.82) is 0 Å². The molecule has 2 amide bonds. The molecule has 4 N–H and O–H groups in total. The summed E-state index contributed by atoms with van der Waals surface area (Å²) in [5.41, 5.74) is 6.96. The predicted molar refractivity (Wildman–Crippen MR) is 94.3 cm³/mol. The molecule has 0 fully saturated rings. The summed E-state index contributed by atoms with van der Waals surface area (Å²) >= 11 is 0. The minimum Gasteiger partial charge on any atom is -0.364 e. The molecule has 7 nitrogen and oxygen atoms in total. The van der Waals surface area contributed by atoms with E-state index >= 15 is 0 Å². The van der Waals surface area contributed by atoms with Crippen molar-refractivity contribution >= 4 is 39.2 Å². The number of hydrogen-bond acceptors (Lipinski definition) is 4. The number of H-pyrrole nitrogens is 1. The van der Waals surface area contributed by atoms with Gasteiger partial charge in [0, 0.05) is 22.7 Å². The molecular weight excluding hydrogens is 318 g/mol. The number of nitrogens with one attached hydrogen (secondary N) is 2. The second kappa shape index (κ2) is 5.72. The van der Waals surface area contributed by atoms with Gasteiger partial charge in [-0.3, -0.25) is 19.7 Å². The van der Waals surface area contributed by atoms with Crippen molar-refractivity contribution in [3.05, 3.63) is 66.1 Å². The normalized spacial score (nSPS) is 10.9. The number of aromatic nitrogens is 3. The summed E-state index contributed by atoms with van der Waals surface area (Å²) in [5, 5.41) is 11.7. The first-order valence-corrected chi connectivity index (χ1v) is 7.56. The van der Waals surface area contributed by atoms with Crippen LogP contribution < -0.4 is 11.1 Å². The second-order valence-corrected chi connectivity index (χ2v) is 5.53. The summed E-state index contributed by atoms with van der Waals surface area (Å²) in [6.07, 6.45) is 1.60. The van der Waals surface area contributed by atoms with E-state index in [0.717, 1.165) is 10.8 Å². The van der Waals surface area contributed by atoms with E-state index in [0.29, 0.717) is 22.3 Å². The molecule has 2 aromatic heterocycles. The number of anilines is 1. The van der Waals surface area contributed by atoms with Gasteiger partial charge in [0.1, 0.15) is 5.69 Å². The molecule has 2 heterocycles. The molecule has 0 unspecified atom stereocenters. The third kappa shape index (κ3) is 2.57. The standard InChI is InChI=1S/C18H13N5O2/c19-17(24)15-13-9-11(5-6-14(13)22-23-15)21-18(25)16-12-4-2-1-3-10(12)7-8-20-16/h1-9H,(H2,19,24)(H,21,25)(H,22,23). The fourth-order valence-corrected chi connectivity index (χ4v) is 2.77. The van der Waals surface area contributed by atoms with Crippen molar-refractivity contribution in [2.45, 2.75) is 0 Å². The fraction of sp³-hybridized carbons (Fsp3) is 0. The molecule has 0 aliphatic carbocycles. The van der Waals surface area contributed by atoms with Crippen molar-refractivity contribution in [3.63, 3.8) is 0 Å². The van der Waals surface area contributed by atoms with Gasteiger partial charge in [0.25, 0.3) is 11.8 Å². The van der Waals surface area contributed by atoms with E-state index in [-0.39, 0.29) is 11.6 Å². The molecule has 0 atom stereocenters. The van der Waals surface area contributed by atoms with Crippen LogP contribution in [0.1, 0.15) is 21.0 Å². The first-order valence-electron chi connectivity index (χ1n) is 7.56. The Balaban J connectivity index is 1.72. The highest BCUT2D eigenvalue weighted by atomic mass is 16.2. The number of hydrogen-bond donors (Lipinski definition) is 3. The summed E-state index contributed by atoms with van der Waals surface area (Å²) in [6.45, 7) is 0. The molecule has 0 saturated carbocycles. The fourth-order valence-electron chi connectivity index (χ4n) is 2.77. The zero-order valence-electron chi connectivity index (χ0n) is 13.0. The van der Waals surface area contributed by atoms with Gasteiger partial charge in [0.05, 0.1) is 5.52 Å². The molecule has 0 bridgehead atoms. The predicted octanol–water partition coefficient (Wildman–Crippen LogP) is 2.46. The van der Waals surface area contributed by atoms with E-state index in [1.807, 2.05) is 30.3 Å². The minimum absolute atomic E-state index is 0.134. The Morgan fingerprint density at radius 1 is 1.00 bits per heavy atom. The number of carbonyl (C=O) groups is 2. The zero-order valence-corrected chi connectivity index (χ0v) is 13.0. The highest BCUT2D eigenvalue weighted by Crippen LogP contribution is 2.22. The van der Waals surface area contributed by atoms with Gasteiger partial charge in [-0.05, 0) is 29.7 Å². The van der Waals surface area contributed by atoms with E-state index < -0.39 is 5.91 Å². The van der Waals surface area contributed by atoms with Crippen LogP contribution in [0.3, 0.4) is 0 Å². The first-order chi connectivity index (χ1) is 12.1. The zero-order chi connectivity index (χ0) is 17.4. The quantitative estimate of drug-likeness (QED) is 0.535. The van der Waals surface area contributed by atoms with E-state index in [9.17, 15) is 9.59 Å². The van der Waals surface area contributed by atoms with Crippen molar-refractivity contribution in [1.82, 2.24) is 15.2 Å². The molecule has 4 aromatic rings. The summed E-state index contributed by atoms with van der Waals surface area (Å²) in [5.74, 6) is -0.967. The molecule has 0 spiro atoms. The van der Waals surface area contributed by atoms with Crippen molar-refractivity contribution in [2.24, 2.45) is 5.73 Å². The molecule has 7 heteroatoms. The number of benzene rings is 2. The summed E-state index contributed by atoms with van der Waals surface area (Å²) in [6, 6.07) is 14.5. The van der Waals surface area contributed by atoms with E-state index in [2.05, 4.69) is 20.5 Å². The maximum absolute atomic E-state index is 12.6. The van der Waals surface area contributed by atoms with Crippen LogP contribution >= 0.6 is 0 Å². The third-order valence-corrected chi connectivity index (χ3v) is 3.94. The Morgan fingerprint density at radius 2 is 1.84 bits per heavy atom. The number of carbonyl (C=O) groups excluding carboxylic acids is 2. The van der Waals surface area contributed by atoms with Crippen LogP contribution in [0, 0.1) is 0 Å². The van der Waals surface area contributed by atoms with Crippen molar-refractivity contribution in [2.75, 3.05) is 5.32 Å². The molecule has 0 radical (unpaired) electrons. The minimum atomic E-state index is -0.634. The lowest BCUT2D eigenvalue weighted by atomic mass is 10.1. The summed E-state index contributed by atoms with van der Waals surface area (Å²) in [7, 11) is 0. The maximum atomic E-state index is 12.6. The van der Waals surface area contributed by atoms with Crippen LogP contribution in [0.5, 0.6) is 0 Å². The highest BCUT2D eigenvalue weighted by molar-refractivity contribution is 6.12. The number of rotatable bonds is 3. The van der Waals surface area contributed by atoms with Crippen molar-refractivity contribution < 1.29 is 9.59 Å². The van der Waals surface area contributed by atoms with E-state index in [1.54, 1.807) is 24.4 Å². The molecule has 0 saturated heterocycles. The third-order valence-electron chi connectivity index (χ3n) is 3.94. The van der Waals surface area contributed by atoms with Gasteiger partial charge in [-0.25, -0.2) is 0 Å². The van der Waals surface area contributed by atoms with Crippen LogP contribution in [0.4, 0.5) is 5.69 Å². The molecule has 0 aliphatic heterocycles. The molecular formula is C18H13N5O2. The van der Waals surface area contributed by atoms with Gasteiger partial charge in [-0.15, -0.1) is 0 Å². The molecule has 0 aliphatic rings. The van der Waals surface area contributed by atoms with Gasteiger partial charge in [-0.2, -0.15) is 5.10 Å². The number of fused-ring (bicyclic) bond motifs is 2. The average Bonchev–Trinajstić information content (AvgIpc) is 3.04. The number of pyridine rings is 1. The molecule has 2 aromatic carbocycles. The van der Waals surface area contributed by atoms with Crippen LogP contribution in [0.15, 0.2) is 54.7 Å². The Kier molecular flexibility index (Phi) is 3.39. The van der Waals surface area contributed by atoms with Gasteiger partial charge in [0.15, 0.2) is 5.69 Å². The summed E-state index contributed by atoms with van der Waals surface area (Å²) in [4.78, 5) is 28.2. The van der Waals surface area contributed by atoms with Gasteiger partial charge < -0.3 is 11.1 Å². The number of nitrogens with zero attached hydrogens (tertiary/aromatic N) is 2. The Hall–Kier alpha value is -3.74. The topological polar surface area (TPSA) is 114 Å². The summed E-state index contributed by atoms with van der Waals surface area (Å²) < 4.78 is 0. The van der Waals surface area contributed by atoms with Crippen LogP contribution in [-0.4, -0.2) is 27.0 Å². The van der Waals surface area contributed by atoms with Gasteiger partial charge >= 0.3 is 0 Å². The number of nitrogens with two attached hydrogens (primary N) is 1. The average molecular weight is 331 g/mol. The lowest BCUT2D eigenvalue weighted by Gasteiger charge is -2.07. The van der Waals surface area contributed by atoms with E-state index in [1.165, 1.54) is 0 Å². The van der Waals surface area contributed by atoms with Gasteiger partial charge in [-0.1, -0.05) is 24.3 Å². The molecule has 25 heavy (non-hydrogen) atoms. The highest BCUT2D eigenvalue weighted by Gasteiger charge is 2.14. The Labute approximate surface area is 141 Å². The second-order valence-electron chi connectivity index (χ2n) is 5.53. The monoisotopic (exact) mass is 331 g/mol. The smallest absolute Gasteiger partial charge is 0.274 e. The molecule has 122 valence electrons. The number of amides is 2. The lowest BCUT2D eigenvalue weighted by molar-refractivity contribution is 0.0994.